The number of hydrogen-bond donors (Lipinski definition) is 15. The Morgan fingerprint density at radius 3 is 0.864 bits per heavy atom. The number of aromatic nitrogens is 13. The van der Waals surface area contributed by atoms with E-state index in [1.54, 1.807) is 80.4 Å². The average Bonchev–Trinajstić information content (AvgIpc) is 1.68. The van der Waals surface area contributed by atoms with E-state index in [1.807, 2.05) is 6.92 Å². The van der Waals surface area contributed by atoms with Crippen molar-refractivity contribution in [3.05, 3.63) is 162 Å². The number of rotatable bonds is 35. The van der Waals surface area contributed by atoms with E-state index in [9.17, 15) is 71.9 Å². The molecule has 43 heteroatoms. The monoisotopic (exact) mass is 1620 g/mol. The Morgan fingerprint density at radius 1 is 0.254 bits per heavy atom. The quantitative estimate of drug-likeness (QED) is 0.0254. The van der Waals surface area contributed by atoms with Crippen LogP contribution in [0.1, 0.15) is 158 Å². The number of imidazole rings is 3. The molecule has 43 nitrogen and oxygen atoms in total. The van der Waals surface area contributed by atoms with Gasteiger partial charge in [0.05, 0.1) is 39.8 Å². The zero-order chi connectivity index (χ0) is 85.5. The Morgan fingerprint density at radius 2 is 0.517 bits per heavy atom. The third-order valence-corrected chi connectivity index (χ3v) is 17.9. The maximum Gasteiger partial charge on any atom is 0.292 e. The van der Waals surface area contributed by atoms with E-state index in [-0.39, 0.29) is 162 Å². The van der Waals surface area contributed by atoms with Gasteiger partial charge in [0.1, 0.15) is 39.9 Å². The van der Waals surface area contributed by atoms with E-state index in [1.165, 1.54) is 147 Å². The smallest absolute Gasteiger partial charge is 0.292 e. The summed E-state index contributed by atoms with van der Waals surface area (Å²) in [5.74, 6) is -7.53. The molecule has 0 atom stereocenters. The van der Waals surface area contributed by atoms with Gasteiger partial charge in [-0.2, -0.15) is 0 Å². The molecule has 0 aliphatic heterocycles. The van der Waals surface area contributed by atoms with E-state index in [0.717, 1.165) is 6.42 Å². The van der Waals surface area contributed by atoms with Crippen molar-refractivity contribution in [2.24, 2.45) is 70.5 Å². The van der Waals surface area contributed by atoms with Crippen LogP contribution < -0.4 is 79.8 Å². The van der Waals surface area contributed by atoms with E-state index in [0.29, 0.717) is 29.3 Å². The molecule has 0 aliphatic rings. The van der Waals surface area contributed by atoms with Crippen LogP contribution in [0, 0.1) is 0 Å². The van der Waals surface area contributed by atoms with Crippen molar-refractivity contribution in [1.82, 2.24) is 87.2 Å². The van der Waals surface area contributed by atoms with Gasteiger partial charge in [-0.1, -0.05) is 6.92 Å². The normalized spacial score (nSPS) is 10.9. The number of nitrogens with one attached hydrogen (secondary N) is 15. The van der Waals surface area contributed by atoms with Gasteiger partial charge in [-0.25, -0.2) is 15.0 Å². The van der Waals surface area contributed by atoms with Crippen molar-refractivity contribution >= 4 is 146 Å². The zero-order valence-electron chi connectivity index (χ0n) is 66.5. The molecule has 0 saturated heterocycles. The van der Waals surface area contributed by atoms with Crippen LogP contribution in [-0.2, 0) is 94.4 Å². The van der Waals surface area contributed by atoms with Crippen molar-refractivity contribution in [2.45, 2.75) is 52.4 Å². The van der Waals surface area contributed by atoms with Gasteiger partial charge < -0.3 is 125 Å². The second-order valence-corrected chi connectivity index (χ2v) is 27.5. The Kier molecular flexibility index (Phi) is 27.1. The van der Waals surface area contributed by atoms with Gasteiger partial charge in [-0.05, 0) is 55.3 Å². The first-order valence-corrected chi connectivity index (χ1v) is 36.8. The number of hydrogen-bond acceptors (Lipinski definition) is 18. The van der Waals surface area contributed by atoms with E-state index >= 15 is 0 Å². The number of nitrogens with zero attached hydrogens (tertiary/aromatic N) is 13. The Bertz CT molecular complexity index is 5600. The van der Waals surface area contributed by atoms with Gasteiger partial charge in [0.2, 0.25) is 47.0 Å². The first-order valence-electron chi connectivity index (χ1n) is 36.8. The predicted octanol–water partition coefficient (Wildman–Crippen LogP) is 3.04. The molecule has 10 aromatic rings. The first kappa shape index (κ1) is 85.1. The van der Waals surface area contributed by atoms with Crippen molar-refractivity contribution in [3.8, 4) is 0 Å². The molecule has 0 unspecified atom stereocenters. The van der Waals surface area contributed by atoms with Crippen molar-refractivity contribution < 1.29 is 71.9 Å². The third-order valence-electron chi connectivity index (χ3n) is 17.9. The first-order chi connectivity index (χ1) is 56.1. The van der Waals surface area contributed by atoms with Crippen molar-refractivity contribution in [2.75, 3.05) is 85.9 Å². The lowest BCUT2D eigenvalue weighted by Gasteiger charge is -2.06. The van der Waals surface area contributed by atoms with Gasteiger partial charge in [0, 0.05) is 198 Å². The molecule has 15 N–H and O–H groups in total. The molecule has 10 rings (SSSR count). The topological polar surface area (TPSA) is 524 Å². The Labute approximate surface area is 672 Å². The minimum Gasteiger partial charge on any atom is -0.356 e. The fourth-order valence-corrected chi connectivity index (χ4v) is 12.2. The molecule has 620 valence electrons. The Balaban J connectivity index is 0.602. The summed E-state index contributed by atoms with van der Waals surface area (Å²) in [5.41, 5.74) is 3.43. The predicted molar refractivity (Wildman–Crippen MR) is 431 cm³/mol. The maximum atomic E-state index is 13.6. The lowest BCUT2D eigenvalue weighted by molar-refractivity contribution is -0.121. The number of aryl methyl sites for hydroxylation is 10. The van der Waals surface area contributed by atoms with Gasteiger partial charge in [-0.15, -0.1) is 0 Å². The highest BCUT2D eigenvalue weighted by Crippen LogP contribution is 2.24. The number of carbonyl (C=O) groups excluding carboxylic acids is 15. The molecule has 118 heavy (non-hydrogen) atoms. The van der Waals surface area contributed by atoms with Crippen LogP contribution in [0.5, 0.6) is 0 Å². The summed E-state index contributed by atoms with van der Waals surface area (Å²) < 4.78 is 14.7. The van der Waals surface area contributed by atoms with Crippen LogP contribution in [0.3, 0.4) is 0 Å². The molecule has 0 radical (unpaired) electrons. The molecule has 10 heterocycles. The van der Waals surface area contributed by atoms with Gasteiger partial charge in [-0.3, -0.25) is 71.9 Å². The molecular formula is C75H90N28O15. The minimum absolute atomic E-state index is 0.00797. The largest absolute Gasteiger partial charge is 0.356 e. The summed E-state index contributed by atoms with van der Waals surface area (Å²) in [7, 11) is 15.9. The van der Waals surface area contributed by atoms with Crippen LogP contribution in [0.25, 0.3) is 0 Å². The third kappa shape index (κ3) is 21.9. The van der Waals surface area contributed by atoms with Crippen LogP contribution in [-0.4, -0.2) is 182 Å². The minimum atomic E-state index is -0.684. The van der Waals surface area contributed by atoms with Crippen LogP contribution >= 0.6 is 0 Å². The van der Waals surface area contributed by atoms with Crippen LogP contribution in [0.4, 0.5) is 57.3 Å². The highest BCUT2D eigenvalue weighted by atomic mass is 16.2. The molecule has 0 saturated carbocycles. The summed E-state index contributed by atoms with van der Waals surface area (Å²) in [4.78, 5) is 208. The molecule has 0 aliphatic carbocycles. The average molecular weight is 1620 g/mol. The van der Waals surface area contributed by atoms with Gasteiger partial charge in [0.15, 0.2) is 17.5 Å². The van der Waals surface area contributed by atoms with E-state index in [2.05, 4.69) is 94.7 Å². The highest BCUT2D eigenvalue weighted by molar-refractivity contribution is 6.11. The van der Waals surface area contributed by atoms with Gasteiger partial charge in [0.25, 0.3) is 59.1 Å². The molecule has 0 spiro atoms. The lowest BCUT2D eigenvalue weighted by atomic mass is 10.3. The molecule has 0 fully saturated rings. The molecule has 0 bridgehead atoms. The van der Waals surface area contributed by atoms with Crippen molar-refractivity contribution in [3.63, 3.8) is 0 Å². The molecular weight excluding hydrogens is 1530 g/mol. The molecule has 15 amide bonds. The molecule has 0 aromatic carbocycles. The van der Waals surface area contributed by atoms with Crippen LogP contribution in [0.2, 0.25) is 0 Å². The number of carbonyl (C=O) groups is 15. The SMILES string of the molecule is CCCNC(=O)CCNC(=O)c1nc(NC(=O)c2nc(NC(=O)CCNC(=O)c3cc(NC(=O)c4cc(NC(=O)c5cc(NC(=O)CCCNC(=O)c6nc(NC(=O)c7cc(NC(=O)c8cc(NC(=O)CCNC(=O)c9cc(NC(=O)c%10cc(NC(C)=O)cn%10C)cn9C)cn8C)cn7C)cn6C)cn5C)cn4C)cn3C)cn2C)cn1C. The van der Waals surface area contributed by atoms with Crippen LogP contribution in [0.15, 0.2) is 104 Å². The van der Waals surface area contributed by atoms with Gasteiger partial charge >= 0.3 is 0 Å². The van der Waals surface area contributed by atoms with Crippen molar-refractivity contribution in [1.29, 1.82) is 0 Å². The zero-order valence-corrected chi connectivity index (χ0v) is 66.5. The van der Waals surface area contributed by atoms with E-state index in [4.69, 9.17) is 0 Å². The van der Waals surface area contributed by atoms with E-state index < -0.39 is 76.8 Å². The summed E-state index contributed by atoms with van der Waals surface area (Å²) >= 11 is 0. The molecule has 10 aromatic heterocycles. The highest BCUT2D eigenvalue weighted by Gasteiger charge is 2.26. The summed E-state index contributed by atoms with van der Waals surface area (Å²) in [6.45, 7) is 3.82. The standard InChI is InChI=1S/C75H90N28O15/c1-13-19-76-59(105)16-21-80-74(117)64-91-58(40-102(64)11)93-75(118)65-89-56(38-103(65)12)88-62(108)18-23-79-67(110)50-28-46(35-95(50)4)85-71(114)54-29-47(36-99(54)8)86-69(112)52-25-43(32-97(52)6)82-60(106)15-14-20-77-73(116)63-90-57(39-101(63)10)92-72(115)55-30-48(37-100(55)9)87-70(113)53-26-44(33-98(53)7)83-61(107)17-22-78-66(109)49-27-45(34-94(49)3)84-68(111)51-24-42(31-96(51)5)81-41(2)104/h24-40H,13-23H2,1-12H3,(H,76,105)(H,77,116)(H,78,109)(H,79,110)(H,80,117)(H,81,104)(H,82,106)(H,83,107)(H,84,111)(H,85,114)(H,86,112)(H,87,113)(H,88,108)(H,92,115)(H,93,118). The Hall–Kier alpha value is -15.4. The number of amides is 15. The fraction of sp³-hybridized carbons (Fsp3) is 0.307. The maximum absolute atomic E-state index is 13.6. The fourth-order valence-electron chi connectivity index (χ4n) is 12.2. The second-order valence-electron chi connectivity index (χ2n) is 27.5. The summed E-state index contributed by atoms with van der Waals surface area (Å²) in [6, 6.07) is 10.2. The summed E-state index contributed by atoms with van der Waals surface area (Å²) in [5, 5.41) is 40.3. The second kappa shape index (κ2) is 37.5. The lowest BCUT2D eigenvalue weighted by Crippen LogP contribution is -2.32. The summed E-state index contributed by atoms with van der Waals surface area (Å²) in [6.07, 6.45) is 15.8. The number of anilines is 10.